The highest BCUT2D eigenvalue weighted by Crippen LogP contribution is 2.17. The van der Waals surface area contributed by atoms with E-state index in [0.717, 1.165) is 17.4 Å². The lowest BCUT2D eigenvalue weighted by Crippen LogP contribution is -2.07. The van der Waals surface area contributed by atoms with E-state index in [4.69, 9.17) is 4.74 Å². The predicted molar refractivity (Wildman–Crippen MR) is 76.2 cm³/mol. The molecule has 0 unspecified atom stereocenters. The minimum Gasteiger partial charge on any atom is -0.466 e. The maximum absolute atomic E-state index is 11.3. The zero-order valence-electron chi connectivity index (χ0n) is 10.8. The monoisotopic (exact) mass is 276 g/mol. The van der Waals surface area contributed by atoms with E-state index < -0.39 is 0 Å². The van der Waals surface area contributed by atoms with Gasteiger partial charge in [-0.15, -0.1) is 11.3 Å². The molecule has 0 saturated heterocycles. The molecule has 0 fully saturated rings. The van der Waals surface area contributed by atoms with Crippen LogP contribution in [0.4, 0.5) is 5.13 Å². The van der Waals surface area contributed by atoms with Gasteiger partial charge in [0.2, 0.25) is 0 Å². The highest BCUT2D eigenvalue weighted by atomic mass is 32.1. The summed E-state index contributed by atoms with van der Waals surface area (Å²) >= 11 is 1.50. The topological polar surface area (TPSA) is 51.2 Å². The molecular weight excluding hydrogens is 260 g/mol. The molecule has 0 atom stereocenters. The second kappa shape index (κ2) is 6.89. The summed E-state index contributed by atoms with van der Waals surface area (Å²) in [6, 6.07) is 10.1. The number of ether oxygens (including phenoxy) is 1. The Labute approximate surface area is 116 Å². The average molecular weight is 276 g/mol. The van der Waals surface area contributed by atoms with Crippen LogP contribution in [0.3, 0.4) is 0 Å². The summed E-state index contributed by atoms with van der Waals surface area (Å²) < 4.78 is 4.89. The van der Waals surface area contributed by atoms with E-state index in [-0.39, 0.29) is 12.4 Å². The van der Waals surface area contributed by atoms with Crippen LogP contribution in [0.5, 0.6) is 0 Å². The van der Waals surface area contributed by atoms with E-state index in [1.54, 1.807) is 6.92 Å². The molecule has 1 aromatic heterocycles. The number of aromatic nitrogens is 1. The Hall–Kier alpha value is -1.88. The van der Waals surface area contributed by atoms with Gasteiger partial charge in [-0.05, 0) is 12.5 Å². The highest BCUT2D eigenvalue weighted by molar-refractivity contribution is 7.13. The number of anilines is 1. The Morgan fingerprint density at radius 2 is 2.16 bits per heavy atom. The fraction of sp³-hybridized carbons (Fsp3) is 0.286. The molecule has 0 amide bonds. The normalized spacial score (nSPS) is 10.2. The molecule has 2 aromatic rings. The fourth-order valence-electron chi connectivity index (χ4n) is 1.60. The molecule has 0 spiro atoms. The third-order valence-electron chi connectivity index (χ3n) is 2.47. The van der Waals surface area contributed by atoms with Crippen molar-refractivity contribution in [2.45, 2.75) is 19.9 Å². The SMILES string of the molecule is CCOC(=O)Cc1csc(NCc2ccccc2)n1. The summed E-state index contributed by atoms with van der Waals surface area (Å²) in [5.41, 5.74) is 1.95. The first-order valence-electron chi connectivity index (χ1n) is 6.15. The Morgan fingerprint density at radius 1 is 1.37 bits per heavy atom. The molecule has 0 bridgehead atoms. The summed E-state index contributed by atoms with van der Waals surface area (Å²) in [7, 11) is 0. The Morgan fingerprint density at radius 3 is 2.89 bits per heavy atom. The minimum absolute atomic E-state index is 0.233. The lowest BCUT2D eigenvalue weighted by molar-refractivity contribution is -0.142. The van der Waals surface area contributed by atoms with Crippen LogP contribution in [0, 0.1) is 0 Å². The smallest absolute Gasteiger partial charge is 0.311 e. The van der Waals surface area contributed by atoms with Crippen LogP contribution in [0.25, 0.3) is 0 Å². The quantitative estimate of drug-likeness (QED) is 0.824. The van der Waals surface area contributed by atoms with Crippen molar-refractivity contribution in [1.29, 1.82) is 0 Å². The number of hydrogen-bond acceptors (Lipinski definition) is 5. The minimum atomic E-state index is -0.234. The van der Waals surface area contributed by atoms with Crippen molar-refractivity contribution in [2.24, 2.45) is 0 Å². The molecule has 0 aliphatic carbocycles. The molecule has 0 aliphatic heterocycles. The molecule has 2 rings (SSSR count). The summed E-state index contributed by atoms with van der Waals surface area (Å²) in [4.78, 5) is 15.7. The van der Waals surface area contributed by atoms with Crippen LogP contribution in [-0.2, 0) is 22.5 Å². The van der Waals surface area contributed by atoms with Gasteiger partial charge < -0.3 is 10.1 Å². The van der Waals surface area contributed by atoms with Gasteiger partial charge in [-0.25, -0.2) is 4.98 Å². The fourth-order valence-corrected chi connectivity index (χ4v) is 2.31. The molecule has 19 heavy (non-hydrogen) atoms. The standard InChI is InChI=1S/C14H16N2O2S/c1-2-18-13(17)8-12-10-19-14(16-12)15-9-11-6-4-3-5-7-11/h3-7,10H,2,8-9H2,1H3,(H,15,16). The van der Waals surface area contributed by atoms with Crippen molar-refractivity contribution in [2.75, 3.05) is 11.9 Å². The molecule has 0 saturated carbocycles. The summed E-state index contributed by atoms with van der Waals surface area (Å²) in [5, 5.41) is 5.94. The van der Waals surface area contributed by atoms with E-state index in [2.05, 4.69) is 22.4 Å². The summed E-state index contributed by atoms with van der Waals surface area (Å²) in [5.74, 6) is -0.234. The molecule has 0 radical (unpaired) electrons. The maximum atomic E-state index is 11.3. The van der Waals surface area contributed by atoms with Gasteiger partial charge in [0.15, 0.2) is 5.13 Å². The number of carbonyl (C=O) groups is 1. The average Bonchev–Trinajstić information content (AvgIpc) is 2.85. The summed E-state index contributed by atoms with van der Waals surface area (Å²) in [6.45, 7) is 2.93. The molecule has 5 heteroatoms. The van der Waals surface area contributed by atoms with Crippen molar-refractivity contribution in [3.05, 3.63) is 47.0 Å². The van der Waals surface area contributed by atoms with Crippen LogP contribution in [0.2, 0.25) is 0 Å². The second-order valence-corrected chi connectivity index (χ2v) is 4.82. The van der Waals surface area contributed by atoms with Gasteiger partial charge in [0.25, 0.3) is 0 Å². The maximum Gasteiger partial charge on any atom is 0.311 e. The van der Waals surface area contributed by atoms with Crippen molar-refractivity contribution < 1.29 is 9.53 Å². The Kier molecular flexibility index (Phi) is 4.92. The number of benzene rings is 1. The van der Waals surface area contributed by atoms with E-state index in [0.29, 0.717) is 6.61 Å². The molecule has 1 heterocycles. The largest absolute Gasteiger partial charge is 0.466 e. The second-order valence-electron chi connectivity index (χ2n) is 3.96. The molecule has 100 valence electrons. The van der Waals surface area contributed by atoms with E-state index in [1.807, 2.05) is 23.6 Å². The first-order valence-corrected chi connectivity index (χ1v) is 7.03. The van der Waals surface area contributed by atoms with Crippen LogP contribution in [-0.4, -0.2) is 17.6 Å². The van der Waals surface area contributed by atoms with Crippen molar-refractivity contribution in [1.82, 2.24) is 4.98 Å². The molecule has 1 aromatic carbocycles. The van der Waals surface area contributed by atoms with Gasteiger partial charge >= 0.3 is 5.97 Å². The van der Waals surface area contributed by atoms with E-state index >= 15 is 0 Å². The van der Waals surface area contributed by atoms with Crippen molar-refractivity contribution in [3.8, 4) is 0 Å². The van der Waals surface area contributed by atoms with Gasteiger partial charge in [0, 0.05) is 11.9 Å². The van der Waals surface area contributed by atoms with Gasteiger partial charge in [0.1, 0.15) is 0 Å². The number of nitrogens with zero attached hydrogens (tertiary/aromatic N) is 1. The first kappa shape index (κ1) is 13.5. The van der Waals surface area contributed by atoms with Crippen molar-refractivity contribution in [3.63, 3.8) is 0 Å². The molecule has 0 aliphatic rings. The predicted octanol–water partition coefficient (Wildman–Crippen LogP) is 2.86. The number of rotatable bonds is 6. The lowest BCUT2D eigenvalue weighted by atomic mass is 10.2. The van der Waals surface area contributed by atoms with Gasteiger partial charge in [-0.1, -0.05) is 30.3 Å². The number of hydrogen-bond donors (Lipinski definition) is 1. The van der Waals surface area contributed by atoms with Crippen LogP contribution in [0.15, 0.2) is 35.7 Å². The van der Waals surface area contributed by atoms with Gasteiger partial charge in [-0.3, -0.25) is 4.79 Å². The van der Waals surface area contributed by atoms with Gasteiger partial charge in [-0.2, -0.15) is 0 Å². The number of esters is 1. The zero-order chi connectivity index (χ0) is 13.5. The third kappa shape index (κ3) is 4.37. The number of carbonyl (C=O) groups excluding carboxylic acids is 1. The van der Waals surface area contributed by atoms with Gasteiger partial charge in [0.05, 0.1) is 18.7 Å². The first-order chi connectivity index (χ1) is 9.28. The zero-order valence-corrected chi connectivity index (χ0v) is 11.6. The highest BCUT2D eigenvalue weighted by Gasteiger charge is 2.08. The molecular formula is C14H16N2O2S. The third-order valence-corrected chi connectivity index (χ3v) is 3.32. The van der Waals surface area contributed by atoms with Crippen LogP contribution < -0.4 is 5.32 Å². The van der Waals surface area contributed by atoms with Crippen LogP contribution >= 0.6 is 11.3 Å². The Balaban J connectivity index is 1.85. The van der Waals surface area contributed by atoms with E-state index in [1.165, 1.54) is 16.9 Å². The number of nitrogens with one attached hydrogen (secondary N) is 1. The molecule has 1 N–H and O–H groups in total. The Bertz CT molecular complexity index is 525. The lowest BCUT2D eigenvalue weighted by Gasteiger charge is -2.02. The van der Waals surface area contributed by atoms with E-state index in [9.17, 15) is 4.79 Å². The number of thiazole rings is 1. The van der Waals surface area contributed by atoms with Crippen LogP contribution in [0.1, 0.15) is 18.2 Å². The molecule has 4 nitrogen and oxygen atoms in total. The summed E-state index contributed by atoms with van der Waals surface area (Å²) in [6.07, 6.45) is 0.233. The van der Waals surface area contributed by atoms with Crippen molar-refractivity contribution >= 4 is 22.4 Å².